The van der Waals surface area contributed by atoms with Gasteiger partial charge in [0.05, 0.1) is 0 Å². The number of aromatic nitrogens is 1. The van der Waals surface area contributed by atoms with Crippen molar-refractivity contribution in [1.29, 1.82) is 0 Å². The van der Waals surface area contributed by atoms with Gasteiger partial charge in [-0.3, -0.25) is 10.1 Å². The van der Waals surface area contributed by atoms with Crippen LogP contribution in [0.4, 0.5) is 5.13 Å². The van der Waals surface area contributed by atoms with E-state index in [1.807, 2.05) is 25.1 Å². The highest BCUT2D eigenvalue weighted by Gasteiger charge is 2.24. The van der Waals surface area contributed by atoms with Crippen LogP contribution in [-0.4, -0.2) is 23.6 Å². The molecule has 3 rings (SSSR count). The predicted molar refractivity (Wildman–Crippen MR) is 88.7 cm³/mol. The van der Waals surface area contributed by atoms with Crippen LogP contribution in [0.15, 0.2) is 24.4 Å². The van der Waals surface area contributed by atoms with Crippen molar-refractivity contribution in [3.05, 3.63) is 45.4 Å². The van der Waals surface area contributed by atoms with E-state index in [1.54, 1.807) is 6.20 Å². The summed E-state index contributed by atoms with van der Waals surface area (Å²) in [6.07, 6.45) is 3.89. The Morgan fingerprint density at radius 3 is 3.18 bits per heavy atom. The van der Waals surface area contributed by atoms with Crippen molar-refractivity contribution in [2.75, 3.05) is 11.9 Å². The van der Waals surface area contributed by atoms with E-state index in [-0.39, 0.29) is 12.0 Å². The van der Waals surface area contributed by atoms with Crippen LogP contribution in [0.1, 0.15) is 28.8 Å². The number of nitrogens with one attached hydrogen (secondary N) is 1. The lowest BCUT2D eigenvalue weighted by atomic mass is 10.1. The number of benzene rings is 1. The van der Waals surface area contributed by atoms with Crippen LogP contribution in [0, 0.1) is 6.92 Å². The van der Waals surface area contributed by atoms with Crippen molar-refractivity contribution in [2.24, 2.45) is 0 Å². The minimum Gasteiger partial charge on any atom is -0.368 e. The molecule has 0 radical (unpaired) electrons. The van der Waals surface area contributed by atoms with E-state index in [2.05, 4.69) is 10.3 Å². The van der Waals surface area contributed by atoms with Gasteiger partial charge in [-0.25, -0.2) is 4.98 Å². The number of aryl methyl sites for hydroxylation is 1. The van der Waals surface area contributed by atoms with E-state index in [4.69, 9.17) is 16.3 Å². The predicted octanol–water partition coefficient (Wildman–Crippen LogP) is 3.81. The molecule has 0 saturated carbocycles. The summed E-state index contributed by atoms with van der Waals surface area (Å²) in [4.78, 5) is 17.3. The third kappa shape index (κ3) is 3.48. The van der Waals surface area contributed by atoms with Gasteiger partial charge in [-0.1, -0.05) is 29.8 Å². The molecule has 2 aromatic rings. The third-order valence-corrected chi connectivity index (χ3v) is 5.10. The molecule has 4 nitrogen and oxygen atoms in total. The lowest BCUT2D eigenvalue weighted by molar-refractivity contribution is -0.124. The van der Waals surface area contributed by atoms with Gasteiger partial charge in [-0.2, -0.15) is 0 Å². The lowest BCUT2D eigenvalue weighted by Gasteiger charge is -2.07. The largest absolute Gasteiger partial charge is 0.368 e. The Hall–Kier alpha value is -1.43. The van der Waals surface area contributed by atoms with Crippen LogP contribution in [0.5, 0.6) is 0 Å². The van der Waals surface area contributed by atoms with E-state index < -0.39 is 0 Å². The number of amides is 1. The summed E-state index contributed by atoms with van der Waals surface area (Å²) in [6.45, 7) is 2.65. The Kier molecular flexibility index (Phi) is 4.76. The number of rotatable bonds is 4. The minimum atomic E-state index is -0.335. The van der Waals surface area contributed by atoms with Crippen molar-refractivity contribution >= 4 is 34.0 Å². The molecule has 0 unspecified atom stereocenters. The zero-order valence-electron chi connectivity index (χ0n) is 12.3. The van der Waals surface area contributed by atoms with Gasteiger partial charge in [0.25, 0.3) is 5.91 Å². The van der Waals surface area contributed by atoms with Gasteiger partial charge in [0.2, 0.25) is 0 Å². The summed E-state index contributed by atoms with van der Waals surface area (Å²) < 4.78 is 5.37. The standard InChI is InChI=1S/C16H17ClN2O2S/c1-10-4-2-5-11(14(10)17)8-12-9-18-16(22-12)19-15(20)13-6-3-7-21-13/h2,4-5,9,13H,3,6-8H2,1H3,(H,18,19,20)/t13-/m0/s1. The van der Waals surface area contributed by atoms with Gasteiger partial charge in [0.1, 0.15) is 6.10 Å². The molecule has 0 bridgehead atoms. The molecule has 0 aliphatic carbocycles. The number of carbonyl (C=O) groups is 1. The number of ether oxygens (including phenoxy) is 1. The molecule has 1 fully saturated rings. The summed E-state index contributed by atoms with van der Waals surface area (Å²) >= 11 is 7.79. The Balaban J connectivity index is 1.66. The topological polar surface area (TPSA) is 51.2 Å². The minimum absolute atomic E-state index is 0.105. The molecule has 1 aromatic heterocycles. The molecule has 2 heterocycles. The van der Waals surface area contributed by atoms with Crippen molar-refractivity contribution in [3.8, 4) is 0 Å². The van der Waals surface area contributed by atoms with Crippen LogP contribution in [-0.2, 0) is 16.0 Å². The number of halogens is 1. The van der Waals surface area contributed by atoms with Gasteiger partial charge in [-0.05, 0) is 30.9 Å². The van der Waals surface area contributed by atoms with Crippen LogP contribution >= 0.6 is 22.9 Å². The number of carbonyl (C=O) groups excluding carboxylic acids is 1. The Bertz CT molecular complexity index is 681. The SMILES string of the molecule is Cc1cccc(Cc2cnc(NC(=O)[C@@H]3CCCO3)s2)c1Cl. The fraction of sp³-hybridized carbons (Fsp3) is 0.375. The molecule has 1 aliphatic rings. The molecule has 1 saturated heterocycles. The molecule has 1 aromatic carbocycles. The van der Waals surface area contributed by atoms with Gasteiger partial charge in [0, 0.05) is 29.1 Å². The molecular weight excluding hydrogens is 320 g/mol. The van der Waals surface area contributed by atoms with Gasteiger partial charge >= 0.3 is 0 Å². The second-order valence-corrected chi connectivity index (χ2v) is 6.84. The summed E-state index contributed by atoms with van der Waals surface area (Å²) in [5.41, 5.74) is 2.14. The third-order valence-electron chi connectivity index (χ3n) is 3.64. The molecule has 116 valence electrons. The number of hydrogen-bond acceptors (Lipinski definition) is 4. The van der Waals surface area contributed by atoms with Gasteiger partial charge < -0.3 is 4.74 Å². The molecule has 0 spiro atoms. The van der Waals surface area contributed by atoms with Crippen LogP contribution in [0.2, 0.25) is 5.02 Å². The molecule has 1 aliphatic heterocycles. The fourth-order valence-electron chi connectivity index (χ4n) is 2.45. The summed E-state index contributed by atoms with van der Waals surface area (Å²) in [5.74, 6) is -0.105. The van der Waals surface area contributed by atoms with Gasteiger partial charge in [-0.15, -0.1) is 11.3 Å². The highest BCUT2D eigenvalue weighted by atomic mass is 35.5. The van der Waals surface area contributed by atoms with E-state index >= 15 is 0 Å². The first kappa shape index (κ1) is 15.5. The fourth-order valence-corrected chi connectivity index (χ4v) is 3.48. The second kappa shape index (κ2) is 6.77. The summed E-state index contributed by atoms with van der Waals surface area (Å²) in [5, 5.41) is 4.23. The van der Waals surface area contributed by atoms with E-state index in [9.17, 15) is 4.79 Å². The summed E-state index contributed by atoms with van der Waals surface area (Å²) in [7, 11) is 0. The van der Waals surface area contributed by atoms with Crippen molar-refractivity contribution in [3.63, 3.8) is 0 Å². The van der Waals surface area contributed by atoms with Crippen molar-refractivity contribution < 1.29 is 9.53 Å². The number of anilines is 1. The first-order chi connectivity index (χ1) is 10.6. The van der Waals surface area contributed by atoms with E-state index in [0.29, 0.717) is 18.2 Å². The smallest absolute Gasteiger partial charge is 0.255 e. The highest BCUT2D eigenvalue weighted by Crippen LogP contribution is 2.27. The zero-order chi connectivity index (χ0) is 15.5. The Morgan fingerprint density at radius 1 is 1.55 bits per heavy atom. The van der Waals surface area contributed by atoms with E-state index in [1.165, 1.54) is 11.3 Å². The van der Waals surface area contributed by atoms with Crippen LogP contribution < -0.4 is 5.32 Å². The quantitative estimate of drug-likeness (QED) is 0.923. The molecule has 6 heteroatoms. The van der Waals surface area contributed by atoms with Crippen molar-refractivity contribution in [1.82, 2.24) is 4.98 Å². The average Bonchev–Trinajstić information content (AvgIpc) is 3.15. The number of thiazole rings is 1. The highest BCUT2D eigenvalue weighted by molar-refractivity contribution is 7.15. The molecule has 1 N–H and O–H groups in total. The second-order valence-electron chi connectivity index (χ2n) is 5.35. The number of nitrogens with zero attached hydrogens (tertiary/aromatic N) is 1. The maximum absolute atomic E-state index is 12.0. The van der Waals surface area contributed by atoms with Crippen molar-refractivity contribution in [2.45, 2.75) is 32.3 Å². The Morgan fingerprint density at radius 2 is 2.41 bits per heavy atom. The monoisotopic (exact) mass is 336 g/mol. The van der Waals surface area contributed by atoms with Gasteiger partial charge in [0.15, 0.2) is 5.13 Å². The zero-order valence-corrected chi connectivity index (χ0v) is 13.8. The molecule has 1 amide bonds. The first-order valence-corrected chi connectivity index (χ1v) is 8.44. The van der Waals surface area contributed by atoms with E-state index in [0.717, 1.165) is 33.9 Å². The average molecular weight is 337 g/mol. The summed E-state index contributed by atoms with van der Waals surface area (Å²) in [6, 6.07) is 6.00. The number of hydrogen-bond donors (Lipinski definition) is 1. The van der Waals surface area contributed by atoms with Crippen LogP contribution in [0.25, 0.3) is 0 Å². The first-order valence-electron chi connectivity index (χ1n) is 7.24. The Labute approximate surface area is 138 Å². The maximum Gasteiger partial charge on any atom is 0.255 e. The van der Waals surface area contributed by atoms with Crippen LogP contribution in [0.3, 0.4) is 0 Å². The molecular formula is C16H17ClN2O2S. The lowest BCUT2D eigenvalue weighted by Crippen LogP contribution is -2.26. The molecule has 1 atom stereocenters. The molecule has 22 heavy (non-hydrogen) atoms. The normalized spacial score (nSPS) is 17.6. The maximum atomic E-state index is 12.0.